The first-order valence-electron chi connectivity index (χ1n) is 8.26. The zero-order valence-corrected chi connectivity index (χ0v) is 15.5. The summed E-state index contributed by atoms with van der Waals surface area (Å²) >= 11 is 0. The number of aliphatic carboxylic acids is 2. The lowest BCUT2D eigenvalue weighted by Crippen LogP contribution is -2.17. The number of carboxylic acids is 2. The van der Waals surface area contributed by atoms with Gasteiger partial charge in [0.15, 0.2) is 0 Å². The molecule has 10 heteroatoms. The summed E-state index contributed by atoms with van der Waals surface area (Å²) in [4.78, 5) is 46.1. The number of ether oxygens (including phenoxy) is 4. The zero-order valence-electron chi connectivity index (χ0n) is 15.5. The summed E-state index contributed by atoms with van der Waals surface area (Å²) in [5.74, 6) is -4.45. The molecule has 10 nitrogen and oxygen atoms in total. The van der Waals surface area contributed by atoms with E-state index in [0.29, 0.717) is 26.1 Å². The number of rotatable bonds is 15. The van der Waals surface area contributed by atoms with E-state index in [9.17, 15) is 24.3 Å². The zero-order chi connectivity index (χ0) is 20.7. The predicted molar refractivity (Wildman–Crippen MR) is 91.1 cm³/mol. The van der Waals surface area contributed by atoms with Crippen LogP contribution in [0.25, 0.3) is 0 Å². The van der Waals surface area contributed by atoms with Crippen LogP contribution in [0.1, 0.15) is 32.1 Å². The van der Waals surface area contributed by atoms with Gasteiger partial charge in [-0.15, -0.1) is 0 Å². The van der Waals surface area contributed by atoms with Gasteiger partial charge in [0.25, 0.3) is 0 Å². The van der Waals surface area contributed by atoms with Crippen LogP contribution in [0.4, 0.5) is 0 Å². The van der Waals surface area contributed by atoms with Gasteiger partial charge in [-0.1, -0.05) is 0 Å². The topological polar surface area (TPSA) is 146 Å². The Balaban J connectivity index is 5.08. The number of carbonyl (C=O) groups is 4. The average Bonchev–Trinajstić information content (AvgIpc) is 2.59. The van der Waals surface area contributed by atoms with Gasteiger partial charge >= 0.3 is 23.9 Å². The molecule has 0 aliphatic rings. The maximum atomic E-state index is 11.9. The van der Waals surface area contributed by atoms with E-state index in [1.807, 2.05) is 0 Å². The molecule has 0 aromatic carbocycles. The number of methoxy groups -OCH3 is 2. The van der Waals surface area contributed by atoms with Crippen LogP contribution in [-0.4, -0.2) is 74.7 Å². The van der Waals surface area contributed by atoms with E-state index in [4.69, 9.17) is 24.1 Å². The average molecular weight is 390 g/mol. The summed E-state index contributed by atoms with van der Waals surface area (Å²) in [7, 11) is 2.98. The highest BCUT2D eigenvalue weighted by Gasteiger charge is 2.23. The minimum absolute atomic E-state index is 0.0583. The largest absolute Gasteiger partial charge is 0.481 e. The number of hydrogen-bond donors (Lipinski definition) is 2. The molecule has 2 N–H and O–H groups in total. The van der Waals surface area contributed by atoms with E-state index < -0.39 is 48.7 Å². The quantitative estimate of drug-likeness (QED) is 0.234. The lowest BCUT2D eigenvalue weighted by molar-refractivity contribution is -0.144. The summed E-state index contributed by atoms with van der Waals surface area (Å²) in [6.07, 6.45) is -0.976. The molecule has 0 aliphatic heterocycles. The Bertz CT molecular complexity index is 510. The van der Waals surface area contributed by atoms with Gasteiger partial charge in [0.2, 0.25) is 0 Å². The van der Waals surface area contributed by atoms with Gasteiger partial charge in [-0.05, 0) is 5.57 Å². The third-order valence-corrected chi connectivity index (χ3v) is 3.24. The van der Waals surface area contributed by atoms with Crippen molar-refractivity contribution in [2.24, 2.45) is 0 Å². The molecule has 0 spiro atoms. The maximum Gasteiger partial charge on any atom is 0.332 e. The molecule has 27 heavy (non-hydrogen) atoms. The van der Waals surface area contributed by atoms with Crippen molar-refractivity contribution in [3.63, 3.8) is 0 Å². The molecular weight excluding hydrogens is 364 g/mol. The molecule has 0 atom stereocenters. The number of esters is 2. The smallest absolute Gasteiger partial charge is 0.332 e. The van der Waals surface area contributed by atoms with Crippen molar-refractivity contribution in [2.75, 3.05) is 40.6 Å². The summed E-state index contributed by atoms with van der Waals surface area (Å²) in [6.45, 7) is 0.873. The molecule has 0 rings (SSSR count). The Morgan fingerprint density at radius 3 is 1.48 bits per heavy atom. The minimum Gasteiger partial charge on any atom is -0.481 e. The standard InChI is InChI=1S/C17H26O10/c1-24-5-3-7-26-15(20)9-12(13(17(22)23)11-14(18)19)10-16(21)27-8-4-6-25-2/h3-11H2,1-2H3,(H,18,19)(H,22,23). The van der Waals surface area contributed by atoms with E-state index in [2.05, 4.69) is 0 Å². The van der Waals surface area contributed by atoms with Gasteiger partial charge in [0.1, 0.15) is 0 Å². The Morgan fingerprint density at radius 1 is 0.704 bits per heavy atom. The predicted octanol–water partition coefficient (Wildman–Crippen LogP) is 0.782. The van der Waals surface area contributed by atoms with Crippen molar-refractivity contribution >= 4 is 23.9 Å². The molecule has 0 unspecified atom stereocenters. The van der Waals surface area contributed by atoms with Gasteiger partial charge in [0.05, 0.1) is 32.5 Å². The number of carboxylic acid groups (broad SMARTS) is 2. The Kier molecular flexibility index (Phi) is 13.3. The van der Waals surface area contributed by atoms with Crippen molar-refractivity contribution in [3.05, 3.63) is 11.1 Å². The first kappa shape index (κ1) is 24.5. The Morgan fingerprint density at radius 2 is 1.15 bits per heavy atom. The van der Waals surface area contributed by atoms with Crippen molar-refractivity contribution < 1.29 is 48.3 Å². The van der Waals surface area contributed by atoms with Crippen LogP contribution in [0.2, 0.25) is 0 Å². The van der Waals surface area contributed by atoms with Crippen LogP contribution in [0.5, 0.6) is 0 Å². The van der Waals surface area contributed by atoms with Gasteiger partial charge in [-0.2, -0.15) is 0 Å². The van der Waals surface area contributed by atoms with Crippen molar-refractivity contribution in [1.29, 1.82) is 0 Å². The molecule has 0 amide bonds. The Hall–Kier alpha value is -2.46. The SMILES string of the molecule is COCCCOC(=O)CC(CC(=O)OCCCOC)=C(CC(=O)O)C(=O)O. The second-order valence-electron chi connectivity index (χ2n) is 5.44. The molecular formula is C17H26O10. The molecule has 0 radical (unpaired) electrons. The highest BCUT2D eigenvalue weighted by atomic mass is 16.5. The minimum atomic E-state index is -1.52. The lowest BCUT2D eigenvalue weighted by Gasteiger charge is -2.12. The normalized spacial score (nSPS) is 10.1. The Labute approximate surface area is 157 Å². The van der Waals surface area contributed by atoms with Gasteiger partial charge in [-0.3, -0.25) is 14.4 Å². The molecule has 0 saturated heterocycles. The molecule has 0 aliphatic carbocycles. The number of carbonyl (C=O) groups excluding carboxylic acids is 2. The summed E-state index contributed by atoms with van der Waals surface area (Å²) in [6, 6.07) is 0. The van der Waals surface area contributed by atoms with Crippen molar-refractivity contribution in [1.82, 2.24) is 0 Å². The summed E-state index contributed by atoms with van der Waals surface area (Å²) < 4.78 is 19.5. The fourth-order valence-electron chi connectivity index (χ4n) is 2.01. The molecule has 0 fully saturated rings. The van der Waals surface area contributed by atoms with Crippen LogP contribution < -0.4 is 0 Å². The third kappa shape index (κ3) is 12.5. The summed E-state index contributed by atoms with van der Waals surface area (Å²) in [5, 5.41) is 18.1. The molecule has 0 aromatic heterocycles. The molecule has 0 aromatic rings. The fourth-order valence-corrected chi connectivity index (χ4v) is 2.01. The first-order chi connectivity index (χ1) is 12.8. The van der Waals surface area contributed by atoms with Crippen LogP contribution in [-0.2, 0) is 38.1 Å². The van der Waals surface area contributed by atoms with Crippen molar-refractivity contribution in [2.45, 2.75) is 32.1 Å². The van der Waals surface area contributed by atoms with Gasteiger partial charge in [0, 0.05) is 45.8 Å². The van der Waals surface area contributed by atoms with Crippen LogP contribution in [0, 0.1) is 0 Å². The van der Waals surface area contributed by atoms with E-state index in [1.165, 1.54) is 14.2 Å². The number of hydrogen-bond acceptors (Lipinski definition) is 8. The maximum absolute atomic E-state index is 11.9. The fraction of sp³-hybridized carbons (Fsp3) is 0.647. The van der Waals surface area contributed by atoms with Gasteiger partial charge in [-0.25, -0.2) is 4.79 Å². The van der Waals surface area contributed by atoms with Crippen LogP contribution >= 0.6 is 0 Å². The summed E-state index contributed by atoms with van der Waals surface area (Å²) in [5.41, 5.74) is -0.691. The third-order valence-electron chi connectivity index (χ3n) is 3.24. The lowest BCUT2D eigenvalue weighted by atomic mass is 9.99. The molecule has 0 heterocycles. The highest BCUT2D eigenvalue weighted by Crippen LogP contribution is 2.19. The monoisotopic (exact) mass is 390 g/mol. The molecule has 0 saturated carbocycles. The van der Waals surface area contributed by atoms with E-state index >= 15 is 0 Å². The molecule has 0 bridgehead atoms. The molecule has 154 valence electrons. The second-order valence-corrected chi connectivity index (χ2v) is 5.44. The van der Waals surface area contributed by atoms with Crippen molar-refractivity contribution in [3.8, 4) is 0 Å². The van der Waals surface area contributed by atoms with Gasteiger partial charge < -0.3 is 29.2 Å². The van der Waals surface area contributed by atoms with E-state index in [-0.39, 0.29) is 18.8 Å². The van der Waals surface area contributed by atoms with Crippen LogP contribution in [0.15, 0.2) is 11.1 Å². The second kappa shape index (κ2) is 14.7. The van der Waals surface area contributed by atoms with E-state index in [1.54, 1.807) is 0 Å². The first-order valence-corrected chi connectivity index (χ1v) is 8.26. The highest BCUT2D eigenvalue weighted by molar-refractivity contribution is 5.95. The van der Waals surface area contributed by atoms with E-state index in [0.717, 1.165) is 0 Å². The van der Waals surface area contributed by atoms with Crippen LogP contribution in [0.3, 0.4) is 0 Å².